The van der Waals surface area contributed by atoms with Crippen LogP contribution < -0.4 is 0 Å². The molecule has 0 aliphatic carbocycles. The van der Waals surface area contributed by atoms with E-state index < -0.39 is 5.82 Å². The lowest BCUT2D eigenvalue weighted by Crippen LogP contribution is -1.86. The maximum Gasteiger partial charge on any atom is 0.161 e. The first kappa shape index (κ1) is 10.1. The zero-order valence-electron chi connectivity index (χ0n) is 6.69. The molecule has 0 bridgehead atoms. The molecule has 1 heterocycles. The van der Waals surface area contributed by atoms with Crippen molar-refractivity contribution in [2.45, 2.75) is 0 Å². The standard InChI is InChI=1S/C9H3BrCl2FN/c10-4-1-2-14-6-3-5(11)9(13)8(12)7(4)6/h1-3H. The molecule has 14 heavy (non-hydrogen) atoms. The van der Waals surface area contributed by atoms with Gasteiger partial charge in [0.25, 0.3) is 0 Å². The van der Waals surface area contributed by atoms with Gasteiger partial charge in [-0.1, -0.05) is 23.2 Å². The number of rotatable bonds is 0. The Labute approximate surface area is 98.0 Å². The fourth-order valence-corrected chi connectivity index (χ4v) is 2.36. The van der Waals surface area contributed by atoms with Crippen molar-refractivity contribution >= 4 is 50.0 Å². The Kier molecular flexibility index (Phi) is 2.64. The van der Waals surface area contributed by atoms with E-state index in [4.69, 9.17) is 23.2 Å². The molecule has 0 amide bonds. The first-order valence-electron chi connectivity index (χ1n) is 3.69. The minimum atomic E-state index is -0.616. The highest BCUT2D eigenvalue weighted by molar-refractivity contribution is 9.10. The number of hydrogen-bond donors (Lipinski definition) is 0. The predicted octanol–water partition coefficient (Wildman–Crippen LogP) is 4.44. The molecule has 0 unspecified atom stereocenters. The summed E-state index contributed by atoms with van der Waals surface area (Å²) in [6, 6.07) is 3.14. The van der Waals surface area contributed by atoms with Gasteiger partial charge in [0.1, 0.15) is 0 Å². The van der Waals surface area contributed by atoms with Crippen LogP contribution in [0.5, 0.6) is 0 Å². The van der Waals surface area contributed by atoms with Crippen LogP contribution in [-0.4, -0.2) is 4.98 Å². The highest BCUT2D eigenvalue weighted by atomic mass is 79.9. The average Bonchev–Trinajstić information content (AvgIpc) is 2.14. The molecule has 72 valence electrons. The molecule has 0 radical (unpaired) electrons. The summed E-state index contributed by atoms with van der Waals surface area (Å²) in [6.45, 7) is 0. The number of pyridine rings is 1. The van der Waals surface area contributed by atoms with E-state index in [1.54, 1.807) is 12.3 Å². The number of nitrogens with zero attached hydrogens (tertiary/aromatic N) is 1. The molecule has 0 saturated heterocycles. The Morgan fingerprint density at radius 1 is 1.36 bits per heavy atom. The molecule has 0 fully saturated rings. The summed E-state index contributed by atoms with van der Waals surface area (Å²) in [5.74, 6) is -0.616. The molecule has 0 N–H and O–H groups in total. The van der Waals surface area contributed by atoms with E-state index in [0.717, 1.165) is 0 Å². The molecule has 0 saturated carbocycles. The second-order valence-corrected chi connectivity index (χ2v) is 4.31. The van der Waals surface area contributed by atoms with E-state index in [9.17, 15) is 4.39 Å². The van der Waals surface area contributed by atoms with E-state index >= 15 is 0 Å². The van der Waals surface area contributed by atoms with Gasteiger partial charge in [-0.2, -0.15) is 0 Å². The van der Waals surface area contributed by atoms with Gasteiger partial charge < -0.3 is 0 Å². The van der Waals surface area contributed by atoms with E-state index in [1.165, 1.54) is 6.07 Å². The van der Waals surface area contributed by atoms with Crippen molar-refractivity contribution in [1.82, 2.24) is 4.98 Å². The molecule has 2 aromatic rings. The minimum Gasteiger partial charge on any atom is -0.256 e. The van der Waals surface area contributed by atoms with Crippen LogP contribution in [0, 0.1) is 5.82 Å². The van der Waals surface area contributed by atoms with Crippen LogP contribution in [-0.2, 0) is 0 Å². The van der Waals surface area contributed by atoms with Gasteiger partial charge >= 0.3 is 0 Å². The molecule has 1 nitrogen and oxygen atoms in total. The van der Waals surface area contributed by atoms with Crippen LogP contribution in [0.2, 0.25) is 10.0 Å². The number of halogens is 4. The Bertz CT molecular complexity index is 516. The van der Waals surface area contributed by atoms with Gasteiger partial charge in [-0.15, -0.1) is 0 Å². The molecule has 5 heteroatoms. The van der Waals surface area contributed by atoms with Crippen LogP contribution >= 0.6 is 39.1 Å². The summed E-state index contributed by atoms with van der Waals surface area (Å²) < 4.78 is 14.0. The zero-order valence-corrected chi connectivity index (χ0v) is 9.79. The lowest BCUT2D eigenvalue weighted by molar-refractivity contribution is 0.630. The van der Waals surface area contributed by atoms with E-state index in [0.29, 0.717) is 15.4 Å². The molecule has 0 spiro atoms. The lowest BCUT2D eigenvalue weighted by Gasteiger charge is -2.04. The summed E-state index contributed by atoms with van der Waals surface area (Å²) in [7, 11) is 0. The van der Waals surface area contributed by atoms with Crippen LogP contribution in [0.4, 0.5) is 4.39 Å². The normalized spacial score (nSPS) is 10.9. The summed E-state index contributed by atoms with van der Waals surface area (Å²) in [5.41, 5.74) is 0.566. The molecular formula is C9H3BrCl2FN. The topological polar surface area (TPSA) is 12.9 Å². The Morgan fingerprint density at radius 2 is 2.07 bits per heavy atom. The molecule has 0 aliphatic rings. The summed E-state index contributed by atoms with van der Waals surface area (Å²) in [4.78, 5) is 4.04. The molecule has 2 rings (SSSR count). The summed E-state index contributed by atoms with van der Waals surface area (Å²) in [5, 5.41) is 0.511. The maximum atomic E-state index is 13.3. The third-order valence-electron chi connectivity index (χ3n) is 1.81. The number of benzene rings is 1. The van der Waals surface area contributed by atoms with Gasteiger partial charge in [-0.25, -0.2) is 4.39 Å². The maximum absolute atomic E-state index is 13.3. The molecule has 1 aromatic heterocycles. The van der Waals surface area contributed by atoms with Crippen LogP contribution in [0.1, 0.15) is 0 Å². The highest BCUT2D eigenvalue weighted by Gasteiger charge is 2.12. The van der Waals surface area contributed by atoms with Crippen LogP contribution in [0.15, 0.2) is 22.8 Å². The average molecular weight is 295 g/mol. The smallest absolute Gasteiger partial charge is 0.161 e. The largest absolute Gasteiger partial charge is 0.256 e. The van der Waals surface area contributed by atoms with Crippen molar-refractivity contribution in [3.05, 3.63) is 38.7 Å². The number of aromatic nitrogens is 1. The third kappa shape index (κ3) is 1.49. The van der Waals surface area contributed by atoms with E-state index in [2.05, 4.69) is 20.9 Å². The van der Waals surface area contributed by atoms with Gasteiger partial charge in [0.05, 0.1) is 15.6 Å². The Balaban J connectivity index is 2.99. The van der Waals surface area contributed by atoms with E-state index in [-0.39, 0.29) is 10.0 Å². The highest BCUT2D eigenvalue weighted by Crippen LogP contribution is 2.34. The zero-order chi connectivity index (χ0) is 10.3. The molecular weight excluding hydrogens is 292 g/mol. The molecule has 0 atom stereocenters. The van der Waals surface area contributed by atoms with Gasteiger partial charge in [0.15, 0.2) is 5.82 Å². The molecule has 1 aromatic carbocycles. The number of fused-ring (bicyclic) bond motifs is 1. The second-order valence-electron chi connectivity index (χ2n) is 2.67. The Hall–Kier alpha value is -0.380. The van der Waals surface area contributed by atoms with Crippen molar-refractivity contribution in [3.63, 3.8) is 0 Å². The van der Waals surface area contributed by atoms with Crippen molar-refractivity contribution in [2.24, 2.45) is 0 Å². The van der Waals surface area contributed by atoms with Gasteiger partial charge in [-0.05, 0) is 28.1 Å². The fourth-order valence-electron chi connectivity index (χ4n) is 1.18. The quantitative estimate of drug-likeness (QED) is 0.655. The van der Waals surface area contributed by atoms with E-state index in [1.807, 2.05) is 0 Å². The Morgan fingerprint density at radius 3 is 2.79 bits per heavy atom. The first-order valence-corrected chi connectivity index (χ1v) is 5.24. The van der Waals surface area contributed by atoms with Crippen molar-refractivity contribution in [3.8, 4) is 0 Å². The van der Waals surface area contributed by atoms with Crippen LogP contribution in [0.25, 0.3) is 10.9 Å². The fraction of sp³-hybridized carbons (Fsp3) is 0. The van der Waals surface area contributed by atoms with Crippen molar-refractivity contribution < 1.29 is 4.39 Å². The van der Waals surface area contributed by atoms with Gasteiger partial charge in [-0.3, -0.25) is 4.98 Å². The summed E-state index contributed by atoms with van der Waals surface area (Å²) in [6.07, 6.45) is 1.59. The lowest BCUT2D eigenvalue weighted by atomic mass is 10.2. The first-order chi connectivity index (χ1) is 6.61. The van der Waals surface area contributed by atoms with Crippen LogP contribution in [0.3, 0.4) is 0 Å². The second kappa shape index (κ2) is 3.65. The molecule has 0 aliphatic heterocycles. The predicted molar refractivity (Wildman–Crippen MR) is 59.4 cm³/mol. The van der Waals surface area contributed by atoms with Gasteiger partial charge in [0, 0.05) is 16.1 Å². The minimum absolute atomic E-state index is 0.00697. The van der Waals surface area contributed by atoms with Crippen molar-refractivity contribution in [2.75, 3.05) is 0 Å². The third-order valence-corrected chi connectivity index (χ3v) is 3.11. The SMILES string of the molecule is Fc1c(Cl)cc2nccc(Br)c2c1Cl. The number of hydrogen-bond acceptors (Lipinski definition) is 1. The van der Waals surface area contributed by atoms with Gasteiger partial charge in [0.2, 0.25) is 0 Å². The monoisotopic (exact) mass is 293 g/mol. The summed E-state index contributed by atoms with van der Waals surface area (Å²) >= 11 is 14.7. The van der Waals surface area contributed by atoms with Crippen molar-refractivity contribution in [1.29, 1.82) is 0 Å².